The number of phenolic OH excluding ortho intramolecular Hbond substituents is 1. The lowest BCUT2D eigenvalue weighted by atomic mass is 10.0. The molecular formula is C13H10N4O. The van der Waals surface area contributed by atoms with E-state index in [0.717, 1.165) is 16.7 Å². The molecule has 5 nitrogen and oxygen atoms in total. The first-order chi connectivity index (χ1) is 8.83. The van der Waals surface area contributed by atoms with Gasteiger partial charge >= 0.3 is 0 Å². The van der Waals surface area contributed by atoms with Crippen molar-refractivity contribution in [2.75, 3.05) is 0 Å². The Kier molecular flexibility index (Phi) is 2.49. The smallest absolute Gasteiger partial charge is 0.204 e. The van der Waals surface area contributed by atoms with Crippen molar-refractivity contribution in [3.8, 4) is 28.3 Å². The number of rotatable bonds is 2. The predicted molar refractivity (Wildman–Crippen MR) is 66.7 cm³/mol. The normalized spacial score (nSPS) is 10.4. The number of aromatic hydroxyl groups is 1. The highest BCUT2D eigenvalue weighted by atomic mass is 16.3. The molecule has 0 atom stereocenters. The summed E-state index contributed by atoms with van der Waals surface area (Å²) in [6.45, 7) is 0. The molecule has 0 bridgehead atoms. The van der Waals surface area contributed by atoms with Gasteiger partial charge in [0.1, 0.15) is 5.75 Å². The number of H-pyrrole nitrogens is 1. The minimum Gasteiger partial charge on any atom is -0.508 e. The Bertz CT molecular complexity index is 647. The summed E-state index contributed by atoms with van der Waals surface area (Å²) in [5.74, 6) is 0.826. The average Bonchev–Trinajstić information content (AvgIpc) is 2.93. The summed E-state index contributed by atoms with van der Waals surface area (Å²) >= 11 is 0. The number of phenols is 1. The summed E-state index contributed by atoms with van der Waals surface area (Å²) in [7, 11) is 0. The lowest BCUT2D eigenvalue weighted by molar-refractivity contribution is 0.475. The molecule has 0 aliphatic carbocycles. The molecule has 0 spiro atoms. The molecule has 3 aromatic rings. The van der Waals surface area contributed by atoms with Gasteiger partial charge in [-0.15, -0.1) is 10.2 Å². The van der Waals surface area contributed by atoms with Crippen LogP contribution < -0.4 is 0 Å². The fourth-order valence-electron chi connectivity index (χ4n) is 1.78. The number of hydrogen-bond acceptors (Lipinski definition) is 4. The summed E-state index contributed by atoms with van der Waals surface area (Å²) in [5, 5.41) is 23.2. The van der Waals surface area contributed by atoms with Crippen molar-refractivity contribution in [3.05, 3.63) is 48.5 Å². The molecule has 0 saturated heterocycles. The Labute approximate surface area is 103 Å². The lowest BCUT2D eigenvalue weighted by Crippen LogP contribution is -1.82. The molecule has 0 unspecified atom stereocenters. The number of aromatic nitrogens is 4. The Hall–Kier alpha value is -2.69. The number of nitrogens with one attached hydrogen (secondary N) is 1. The van der Waals surface area contributed by atoms with Crippen molar-refractivity contribution in [1.82, 2.24) is 20.6 Å². The minimum atomic E-state index is 0.259. The van der Waals surface area contributed by atoms with Gasteiger partial charge in [-0.1, -0.05) is 36.4 Å². The standard InChI is InChI=1S/C13H10N4O/c18-12-3-1-2-11(8-12)9-4-6-10(7-5-9)13-14-16-17-15-13/h1-8,18H,(H,14,15,16,17). The van der Waals surface area contributed by atoms with Crippen LogP contribution in [-0.2, 0) is 0 Å². The van der Waals surface area contributed by atoms with Crippen LogP contribution >= 0.6 is 0 Å². The van der Waals surface area contributed by atoms with E-state index in [1.165, 1.54) is 0 Å². The second-order valence-electron chi connectivity index (χ2n) is 3.86. The van der Waals surface area contributed by atoms with Crippen LogP contribution in [0.4, 0.5) is 0 Å². The second kappa shape index (κ2) is 4.29. The fraction of sp³-hybridized carbons (Fsp3) is 0. The molecule has 0 radical (unpaired) electrons. The average molecular weight is 238 g/mol. The van der Waals surface area contributed by atoms with Crippen LogP contribution in [0.3, 0.4) is 0 Å². The first kappa shape index (κ1) is 10.5. The molecule has 0 fully saturated rings. The Morgan fingerprint density at radius 1 is 0.889 bits per heavy atom. The zero-order valence-electron chi connectivity index (χ0n) is 9.41. The number of benzene rings is 2. The number of hydrogen-bond donors (Lipinski definition) is 2. The number of aromatic amines is 1. The van der Waals surface area contributed by atoms with Gasteiger partial charge in [-0.25, -0.2) is 0 Å². The number of nitrogens with zero attached hydrogens (tertiary/aromatic N) is 3. The SMILES string of the molecule is Oc1cccc(-c2ccc(-c3nn[nH]n3)cc2)c1. The third-order valence-corrected chi connectivity index (χ3v) is 2.67. The fourth-order valence-corrected chi connectivity index (χ4v) is 1.78. The zero-order chi connectivity index (χ0) is 12.4. The van der Waals surface area contributed by atoms with Crippen LogP contribution in [0.25, 0.3) is 22.5 Å². The van der Waals surface area contributed by atoms with E-state index in [-0.39, 0.29) is 5.75 Å². The molecule has 0 amide bonds. The van der Waals surface area contributed by atoms with Gasteiger partial charge in [0, 0.05) is 5.56 Å². The van der Waals surface area contributed by atoms with Gasteiger partial charge in [-0.3, -0.25) is 0 Å². The summed E-state index contributed by atoms with van der Waals surface area (Å²) in [6.07, 6.45) is 0. The summed E-state index contributed by atoms with van der Waals surface area (Å²) in [5.41, 5.74) is 2.89. The third kappa shape index (κ3) is 1.93. The first-order valence-corrected chi connectivity index (χ1v) is 5.46. The Morgan fingerprint density at radius 3 is 2.33 bits per heavy atom. The van der Waals surface area contributed by atoms with Crippen LogP contribution in [0, 0.1) is 0 Å². The summed E-state index contributed by atoms with van der Waals surface area (Å²) in [6, 6.07) is 14.9. The van der Waals surface area contributed by atoms with E-state index in [2.05, 4.69) is 20.6 Å². The quantitative estimate of drug-likeness (QED) is 0.718. The van der Waals surface area contributed by atoms with Crippen LogP contribution in [-0.4, -0.2) is 25.7 Å². The van der Waals surface area contributed by atoms with Gasteiger partial charge in [0.2, 0.25) is 5.82 Å². The van der Waals surface area contributed by atoms with Gasteiger partial charge in [-0.05, 0) is 28.5 Å². The maximum atomic E-state index is 9.45. The van der Waals surface area contributed by atoms with E-state index >= 15 is 0 Å². The van der Waals surface area contributed by atoms with Crippen LogP contribution in [0.5, 0.6) is 5.75 Å². The van der Waals surface area contributed by atoms with Gasteiger partial charge in [-0.2, -0.15) is 5.21 Å². The zero-order valence-corrected chi connectivity index (χ0v) is 9.41. The molecule has 88 valence electrons. The monoisotopic (exact) mass is 238 g/mol. The van der Waals surface area contributed by atoms with Gasteiger partial charge in [0.15, 0.2) is 0 Å². The molecular weight excluding hydrogens is 228 g/mol. The minimum absolute atomic E-state index is 0.259. The maximum Gasteiger partial charge on any atom is 0.204 e. The van der Waals surface area contributed by atoms with Crippen molar-refractivity contribution in [2.45, 2.75) is 0 Å². The third-order valence-electron chi connectivity index (χ3n) is 2.67. The van der Waals surface area contributed by atoms with Crippen molar-refractivity contribution in [2.24, 2.45) is 0 Å². The van der Waals surface area contributed by atoms with E-state index in [9.17, 15) is 5.11 Å². The molecule has 0 aliphatic rings. The van der Waals surface area contributed by atoms with Crippen molar-refractivity contribution in [1.29, 1.82) is 0 Å². The molecule has 2 aromatic carbocycles. The van der Waals surface area contributed by atoms with E-state index in [1.54, 1.807) is 12.1 Å². The molecule has 1 heterocycles. The van der Waals surface area contributed by atoms with Crippen molar-refractivity contribution < 1.29 is 5.11 Å². The van der Waals surface area contributed by atoms with Crippen molar-refractivity contribution >= 4 is 0 Å². The highest BCUT2D eigenvalue weighted by Gasteiger charge is 2.03. The largest absolute Gasteiger partial charge is 0.508 e. The topological polar surface area (TPSA) is 74.7 Å². The molecule has 0 aliphatic heterocycles. The van der Waals surface area contributed by atoms with E-state index in [1.807, 2.05) is 36.4 Å². The van der Waals surface area contributed by atoms with Crippen molar-refractivity contribution in [3.63, 3.8) is 0 Å². The Balaban J connectivity index is 1.96. The summed E-state index contributed by atoms with van der Waals surface area (Å²) in [4.78, 5) is 0. The van der Waals surface area contributed by atoms with Gasteiger partial charge < -0.3 is 5.11 Å². The van der Waals surface area contributed by atoms with E-state index in [4.69, 9.17) is 0 Å². The van der Waals surface area contributed by atoms with E-state index in [0.29, 0.717) is 5.82 Å². The van der Waals surface area contributed by atoms with Crippen LogP contribution in [0.1, 0.15) is 0 Å². The lowest BCUT2D eigenvalue weighted by Gasteiger charge is -2.03. The molecule has 5 heteroatoms. The van der Waals surface area contributed by atoms with Crippen LogP contribution in [0.2, 0.25) is 0 Å². The van der Waals surface area contributed by atoms with Gasteiger partial charge in [0.05, 0.1) is 0 Å². The highest BCUT2D eigenvalue weighted by molar-refractivity contribution is 5.68. The molecule has 3 rings (SSSR count). The van der Waals surface area contributed by atoms with Gasteiger partial charge in [0.25, 0.3) is 0 Å². The van der Waals surface area contributed by atoms with E-state index < -0.39 is 0 Å². The Morgan fingerprint density at radius 2 is 1.67 bits per heavy atom. The molecule has 1 aromatic heterocycles. The first-order valence-electron chi connectivity index (χ1n) is 5.46. The number of tetrazole rings is 1. The summed E-state index contributed by atoms with van der Waals surface area (Å²) < 4.78 is 0. The second-order valence-corrected chi connectivity index (χ2v) is 3.86. The predicted octanol–water partition coefficient (Wildman–Crippen LogP) is 2.24. The van der Waals surface area contributed by atoms with Crippen LogP contribution in [0.15, 0.2) is 48.5 Å². The molecule has 0 saturated carbocycles. The molecule has 18 heavy (non-hydrogen) atoms. The molecule has 2 N–H and O–H groups in total. The maximum absolute atomic E-state index is 9.45. The highest BCUT2D eigenvalue weighted by Crippen LogP contribution is 2.25.